The van der Waals surface area contributed by atoms with Crippen molar-refractivity contribution in [2.45, 2.75) is 19.4 Å². The van der Waals surface area contributed by atoms with E-state index in [1.807, 2.05) is 6.07 Å². The molecule has 0 bridgehead atoms. The summed E-state index contributed by atoms with van der Waals surface area (Å²) in [5.74, 6) is 1.69. The number of aromatic nitrogens is 2. The lowest BCUT2D eigenvalue weighted by Crippen LogP contribution is -2.07. The average Bonchev–Trinajstić information content (AvgIpc) is 2.84. The van der Waals surface area contributed by atoms with Crippen LogP contribution in [0.15, 0.2) is 54.6 Å². The first-order valence-electron chi connectivity index (χ1n) is 6.92. The van der Waals surface area contributed by atoms with Crippen LogP contribution < -0.4 is 0 Å². The normalized spacial score (nSPS) is 11.1. The van der Waals surface area contributed by atoms with Gasteiger partial charge in [0.05, 0.1) is 11.0 Å². The monoisotopic (exact) mass is 284 g/mol. The highest BCUT2D eigenvalue weighted by Gasteiger charge is 2.09. The summed E-state index contributed by atoms with van der Waals surface area (Å²) in [4.78, 5) is 4.69. The Hall–Kier alpha value is -1.80. The number of aryl methyl sites for hydroxylation is 3. The van der Waals surface area contributed by atoms with Gasteiger partial charge in [-0.1, -0.05) is 42.5 Å². The van der Waals surface area contributed by atoms with Gasteiger partial charge in [0.1, 0.15) is 5.82 Å². The summed E-state index contributed by atoms with van der Waals surface area (Å²) in [6.07, 6.45) is 1.82. The van der Waals surface area contributed by atoms with Gasteiger partial charge in [0.15, 0.2) is 0 Å². The van der Waals surface area contributed by atoms with Gasteiger partial charge < -0.3 is 4.57 Å². The molecule has 0 aliphatic heterocycles. The van der Waals surface area contributed by atoms with Gasteiger partial charge in [0, 0.05) is 18.8 Å². The van der Waals surface area contributed by atoms with E-state index in [9.17, 15) is 0 Å². The third-order valence-electron chi connectivity index (χ3n) is 3.52. The maximum absolute atomic E-state index is 5.90. The molecule has 1 heterocycles. The Morgan fingerprint density at radius 3 is 2.45 bits per heavy atom. The lowest BCUT2D eigenvalue weighted by atomic mass is 10.1. The van der Waals surface area contributed by atoms with Gasteiger partial charge in [-0.05, 0) is 24.1 Å². The van der Waals surface area contributed by atoms with Crippen LogP contribution in [0.4, 0.5) is 0 Å². The highest BCUT2D eigenvalue weighted by atomic mass is 35.5. The molecule has 0 aliphatic carbocycles. The highest BCUT2D eigenvalue weighted by molar-refractivity contribution is 6.17. The van der Waals surface area contributed by atoms with E-state index < -0.39 is 0 Å². The van der Waals surface area contributed by atoms with Crippen LogP contribution in [0.3, 0.4) is 0 Å². The number of halogens is 1. The molecule has 102 valence electrons. The molecule has 0 fully saturated rings. The van der Waals surface area contributed by atoms with Crippen LogP contribution in [-0.2, 0) is 19.4 Å². The molecule has 3 heteroatoms. The van der Waals surface area contributed by atoms with Crippen molar-refractivity contribution in [2.24, 2.45) is 0 Å². The first-order valence-corrected chi connectivity index (χ1v) is 7.46. The number of hydrogen-bond acceptors (Lipinski definition) is 1. The van der Waals surface area contributed by atoms with Crippen molar-refractivity contribution in [3.05, 3.63) is 66.0 Å². The lowest BCUT2D eigenvalue weighted by molar-refractivity contribution is 0.675. The van der Waals surface area contributed by atoms with Crippen molar-refractivity contribution in [3.8, 4) is 0 Å². The first-order chi connectivity index (χ1) is 9.88. The molecule has 0 amide bonds. The van der Waals surface area contributed by atoms with Gasteiger partial charge in [-0.2, -0.15) is 0 Å². The summed E-state index contributed by atoms with van der Waals surface area (Å²) in [5.41, 5.74) is 3.60. The molecule has 1 aromatic heterocycles. The summed E-state index contributed by atoms with van der Waals surface area (Å²) in [5, 5.41) is 0. The lowest BCUT2D eigenvalue weighted by Gasteiger charge is -2.08. The topological polar surface area (TPSA) is 17.8 Å². The smallest absolute Gasteiger partial charge is 0.111 e. The SMILES string of the molecule is ClCCc1nc2ccccc2n1CCc1ccccc1. The number of nitrogens with zero attached hydrogens (tertiary/aromatic N) is 2. The van der Waals surface area contributed by atoms with Crippen LogP contribution in [0.1, 0.15) is 11.4 Å². The average molecular weight is 285 g/mol. The van der Waals surface area contributed by atoms with Crippen molar-refractivity contribution < 1.29 is 0 Å². The van der Waals surface area contributed by atoms with E-state index in [4.69, 9.17) is 16.6 Å². The molecule has 2 aromatic carbocycles. The molecule has 0 aliphatic rings. The largest absolute Gasteiger partial charge is 0.328 e. The van der Waals surface area contributed by atoms with E-state index in [1.54, 1.807) is 0 Å². The number of fused-ring (bicyclic) bond motifs is 1. The quantitative estimate of drug-likeness (QED) is 0.646. The Labute approximate surface area is 124 Å². The molecule has 0 saturated carbocycles. The predicted molar refractivity (Wildman–Crippen MR) is 84.3 cm³/mol. The third kappa shape index (κ3) is 2.70. The molecule has 0 N–H and O–H groups in total. The molecule has 2 nitrogen and oxygen atoms in total. The van der Waals surface area contributed by atoms with Crippen LogP contribution in [0, 0.1) is 0 Å². The minimum atomic E-state index is 0.606. The molecule has 3 rings (SSSR count). The zero-order valence-electron chi connectivity index (χ0n) is 11.3. The summed E-state index contributed by atoms with van der Waals surface area (Å²) in [6.45, 7) is 0.941. The van der Waals surface area contributed by atoms with Crippen LogP contribution in [-0.4, -0.2) is 15.4 Å². The van der Waals surface area contributed by atoms with Gasteiger partial charge in [-0.25, -0.2) is 4.98 Å². The molecule has 3 aromatic rings. The molecule has 0 atom stereocenters. The van der Waals surface area contributed by atoms with Gasteiger partial charge in [0.2, 0.25) is 0 Å². The minimum Gasteiger partial charge on any atom is -0.328 e. The van der Waals surface area contributed by atoms with E-state index in [2.05, 4.69) is 53.1 Å². The zero-order chi connectivity index (χ0) is 13.8. The fourth-order valence-corrected chi connectivity index (χ4v) is 2.70. The number of imidazole rings is 1. The number of para-hydroxylation sites is 2. The van der Waals surface area contributed by atoms with Crippen molar-refractivity contribution in [3.63, 3.8) is 0 Å². The molecule has 0 spiro atoms. The molecular weight excluding hydrogens is 268 g/mol. The summed E-state index contributed by atoms with van der Waals surface area (Å²) >= 11 is 5.90. The van der Waals surface area contributed by atoms with Gasteiger partial charge >= 0.3 is 0 Å². The standard InChI is InChI=1S/C17H17ClN2/c18-12-10-17-19-15-8-4-5-9-16(15)20(17)13-11-14-6-2-1-3-7-14/h1-9H,10-13H2. The molecule has 0 radical (unpaired) electrons. The highest BCUT2D eigenvalue weighted by Crippen LogP contribution is 2.17. The van der Waals surface area contributed by atoms with Crippen LogP contribution in [0.2, 0.25) is 0 Å². The van der Waals surface area contributed by atoms with Crippen molar-refractivity contribution in [1.29, 1.82) is 0 Å². The molecule has 20 heavy (non-hydrogen) atoms. The Bertz CT molecular complexity index is 689. The van der Waals surface area contributed by atoms with E-state index in [1.165, 1.54) is 11.1 Å². The third-order valence-corrected chi connectivity index (χ3v) is 3.71. The number of benzene rings is 2. The molecule has 0 saturated heterocycles. The second-order valence-electron chi connectivity index (χ2n) is 4.84. The van der Waals surface area contributed by atoms with Gasteiger partial charge in [-0.15, -0.1) is 11.6 Å². The van der Waals surface area contributed by atoms with E-state index in [0.717, 1.165) is 30.7 Å². The van der Waals surface area contributed by atoms with Gasteiger partial charge in [-0.3, -0.25) is 0 Å². The van der Waals surface area contributed by atoms with Gasteiger partial charge in [0.25, 0.3) is 0 Å². The summed E-state index contributed by atoms with van der Waals surface area (Å²) in [6, 6.07) is 18.8. The zero-order valence-corrected chi connectivity index (χ0v) is 12.1. The van der Waals surface area contributed by atoms with Crippen LogP contribution >= 0.6 is 11.6 Å². The molecule has 0 unspecified atom stereocenters. The minimum absolute atomic E-state index is 0.606. The summed E-state index contributed by atoms with van der Waals surface area (Å²) in [7, 11) is 0. The second kappa shape index (κ2) is 6.10. The van der Waals surface area contributed by atoms with E-state index >= 15 is 0 Å². The Balaban J connectivity index is 1.90. The Morgan fingerprint density at radius 1 is 0.900 bits per heavy atom. The van der Waals surface area contributed by atoms with Crippen molar-refractivity contribution in [1.82, 2.24) is 9.55 Å². The fourth-order valence-electron chi connectivity index (χ4n) is 2.54. The van der Waals surface area contributed by atoms with E-state index in [0.29, 0.717) is 5.88 Å². The van der Waals surface area contributed by atoms with Crippen molar-refractivity contribution in [2.75, 3.05) is 5.88 Å². The first kappa shape index (κ1) is 13.2. The van der Waals surface area contributed by atoms with Crippen LogP contribution in [0.5, 0.6) is 0 Å². The number of hydrogen-bond donors (Lipinski definition) is 0. The maximum atomic E-state index is 5.90. The number of alkyl halides is 1. The van der Waals surface area contributed by atoms with Crippen LogP contribution in [0.25, 0.3) is 11.0 Å². The molecular formula is C17H17ClN2. The Kier molecular flexibility index (Phi) is 4.03. The maximum Gasteiger partial charge on any atom is 0.111 e. The van der Waals surface area contributed by atoms with Crippen molar-refractivity contribution >= 4 is 22.6 Å². The summed E-state index contributed by atoms with van der Waals surface area (Å²) < 4.78 is 2.30. The second-order valence-corrected chi connectivity index (χ2v) is 5.22. The van der Waals surface area contributed by atoms with E-state index in [-0.39, 0.29) is 0 Å². The fraction of sp³-hybridized carbons (Fsp3) is 0.235. The number of rotatable bonds is 5. The predicted octanol–water partition coefficient (Wildman–Crippen LogP) is 4.06. The Morgan fingerprint density at radius 2 is 1.65 bits per heavy atom.